The molecule has 0 aromatic heterocycles. The molecule has 0 radical (unpaired) electrons. The summed E-state index contributed by atoms with van der Waals surface area (Å²) >= 11 is 0. The van der Waals surface area contributed by atoms with Crippen LogP contribution in [0.15, 0.2) is 0 Å². The van der Waals surface area contributed by atoms with Crippen LogP contribution in [0.5, 0.6) is 0 Å². The Kier molecular flexibility index (Phi) is 5.60. The molecule has 4 amide bonds. The van der Waals surface area contributed by atoms with Gasteiger partial charge in [-0.25, -0.2) is 0 Å². The third-order valence-corrected chi connectivity index (χ3v) is 9.49. The van der Waals surface area contributed by atoms with Crippen molar-refractivity contribution in [3.8, 4) is 0 Å². The van der Waals surface area contributed by atoms with E-state index in [1.165, 1.54) is 9.80 Å². The van der Waals surface area contributed by atoms with E-state index in [-0.39, 0.29) is 65.2 Å². The average Bonchev–Trinajstić information content (AvgIpc) is 3.17. The smallest absolute Gasteiger partial charge is 0.306 e. The van der Waals surface area contributed by atoms with Gasteiger partial charge in [0.1, 0.15) is 0 Å². The van der Waals surface area contributed by atoms with E-state index in [1.54, 1.807) is 7.05 Å². The molecule has 5 rings (SSSR count). The number of rotatable bonds is 3. The van der Waals surface area contributed by atoms with Crippen LogP contribution in [0.2, 0.25) is 0 Å². The van der Waals surface area contributed by atoms with Gasteiger partial charge in [0.05, 0.1) is 29.6 Å². The molecule has 0 bridgehead atoms. The van der Waals surface area contributed by atoms with Crippen LogP contribution < -0.4 is 0 Å². The molecule has 9 unspecified atom stereocenters. The first-order valence-corrected chi connectivity index (χ1v) is 12.6. The first-order valence-electron chi connectivity index (χ1n) is 12.6. The highest BCUT2D eigenvalue weighted by molar-refractivity contribution is 6.06. The van der Waals surface area contributed by atoms with Gasteiger partial charge in [0, 0.05) is 13.1 Å². The standard InChI is InChI=1S/C25H34N2O6/c1-12-7-15(25(32)33)9-16(8-12)27-23(30)18-6-4-14(11-20(18)24(27)31)13-3-5-17-19(10-13)22(29)26(2)21(17)28/h12-20H,3-11H2,1-2H3,(H,32,33). The number of likely N-dealkylation sites (tertiary alicyclic amines) is 2. The summed E-state index contributed by atoms with van der Waals surface area (Å²) < 4.78 is 0. The number of carbonyl (C=O) groups excluding carboxylic acids is 4. The third-order valence-electron chi connectivity index (χ3n) is 9.49. The van der Waals surface area contributed by atoms with Crippen LogP contribution in [-0.4, -0.2) is 57.6 Å². The van der Waals surface area contributed by atoms with E-state index in [9.17, 15) is 29.1 Å². The molecule has 33 heavy (non-hydrogen) atoms. The topological polar surface area (TPSA) is 112 Å². The van der Waals surface area contributed by atoms with Crippen LogP contribution in [-0.2, 0) is 24.0 Å². The SMILES string of the molecule is CC1CC(C(=O)O)CC(N2C(=O)C3CCC(C4CCC5C(=O)N(C)C(=O)C5C4)CC3C2=O)C1. The molecule has 8 nitrogen and oxygen atoms in total. The van der Waals surface area contributed by atoms with Gasteiger partial charge in [-0.1, -0.05) is 6.92 Å². The molecule has 2 saturated heterocycles. The lowest BCUT2D eigenvalue weighted by Gasteiger charge is -2.38. The van der Waals surface area contributed by atoms with Crippen LogP contribution >= 0.6 is 0 Å². The van der Waals surface area contributed by atoms with E-state index in [4.69, 9.17) is 0 Å². The van der Waals surface area contributed by atoms with Gasteiger partial charge >= 0.3 is 5.97 Å². The van der Waals surface area contributed by atoms with E-state index < -0.39 is 11.9 Å². The highest BCUT2D eigenvalue weighted by Crippen LogP contribution is 2.50. The summed E-state index contributed by atoms with van der Waals surface area (Å²) in [6.45, 7) is 2.00. The quantitative estimate of drug-likeness (QED) is 0.650. The summed E-state index contributed by atoms with van der Waals surface area (Å²) in [5.41, 5.74) is 0. The van der Waals surface area contributed by atoms with E-state index in [2.05, 4.69) is 0 Å². The van der Waals surface area contributed by atoms with Gasteiger partial charge < -0.3 is 5.11 Å². The molecule has 5 aliphatic rings. The zero-order valence-electron chi connectivity index (χ0n) is 19.4. The molecular weight excluding hydrogens is 424 g/mol. The van der Waals surface area contributed by atoms with Gasteiger partial charge in [-0.15, -0.1) is 0 Å². The molecule has 180 valence electrons. The van der Waals surface area contributed by atoms with Crippen molar-refractivity contribution in [3.05, 3.63) is 0 Å². The summed E-state index contributed by atoms with van der Waals surface area (Å²) in [6, 6.07) is -0.313. The maximum Gasteiger partial charge on any atom is 0.306 e. The van der Waals surface area contributed by atoms with Gasteiger partial charge in [-0.2, -0.15) is 0 Å². The number of carboxylic acids is 1. The first kappa shape index (κ1) is 22.5. The number of imide groups is 2. The molecule has 5 fully saturated rings. The van der Waals surface area contributed by atoms with Crippen molar-refractivity contribution in [2.24, 2.45) is 47.3 Å². The summed E-state index contributed by atoms with van der Waals surface area (Å²) in [5, 5.41) is 9.51. The van der Waals surface area contributed by atoms with Crippen molar-refractivity contribution in [2.75, 3.05) is 7.05 Å². The minimum Gasteiger partial charge on any atom is -0.481 e. The normalized spacial score (nSPS) is 43.6. The van der Waals surface area contributed by atoms with Crippen molar-refractivity contribution in [1.29, 1.82) is 0 Å². The second-order valence-corrected chi connectivity index (χ2v) is 11.4. The minimum atomic E-state index is -0.843. The second kappa shape index (κ2) is 8.20. The molecule has 2 heterocycles. The molecule has 0 aromatic carbocycles. The number of amides is 4. The predicted molar refractivity (Wildman–Crippen MR) is 116 cm³/mol. The van der Waals surface area contributed by atoms with Crippen LogP contribution in [0.1, 0.15) is 64.7 Å². The van der Waals surface area contributed by atoms with Crippen molar-refractivity contribution in [2.45, 2.75) is 70.8 Å². The lowest BCUT2D eigenvalue weighted by atomic mass is 9.64. The van der Waals surface area contributed by atoms with Crippen LogP contribution in [0, 0.1) is 47.3 Å². The Morgan fingerprint density at radius 3 is 1.85 bits per heavy atom. The van der Waals surface area contributed by atoms with E-state index in [1.807, 2.05) is 6.92 Å². The van der Waals surface area contributed by atoms with Crippen LogP contribution in [0.3, 0.4) is 0 Å². The Hall–Kier alpha value is -2.25. The molecule has 1 N–H and O–H groups in total. The van der Waals surface area contributed by atoms with Crippen molar-refractivity contribution < 1.29 is 29.1 Å². The molecule has 0 spiro atoms. The Labute approximate surface area is 194 Å². The van der Waals surface area contributed by atoms with E-state index >= 15 is 0 Å². The fourth-order valence-electron chi connectivity index (χ4n) is 7.81. The number of hydrogen-bond acceptors (Lipinski definition) is 5. The maximum atomic E-state index is 13.4. The van der Waals surface area contributed by atoms with Crippen molar-refractivity contribution in [1.82, 2.24) is 9.80 Å². The fraction of sp³-hybridized carbons (Fsp3) is 0.800. The molecule has 2 aliphatic heterocycles. The lowest BCUT2D eigenvalue weighted by molar-refractivity contribution is -0.150. The van der Waals surface area contributed by atoms with Crippen LogP contribution in [0.25, 0.3) is 0 Å². The monoisotopic (exact) mass is 458 g/mol. The van der Waals surface area contributed by atoms with E-state index in [0.717, 1.165) is 19.3 Å². The van der Waals surface area contributed by atoms with Crippen molar-refractivity contribution in [3.63, 3.8) is 0 Å². The van der Waals surface area contributed by atoms with Gasteiger partial charge in [-0.3, -0.25) is 33.8 Å². The number of nitrogens with zero attached hydrogens (tertiary/aromatic N) is 2. The fourth-order valence-corrected chi connectivity index (χ4v) is 7.81. The second-order valence-electron chi connectivity index (χ2n) is 11.4. The van der Waals surface area contributed by atoms with E-state index in [0.29, 0.717) is 44.4 Å². The molecule has 0 aromatic rings. The minimum absolute atomic E-state index is 0.0549. The number of carboxylic acid groups (broad SMARTS) is 1. The summed E-state index contributed by atoms with van der Waals surface area (Å²) in [7, 11) is 1.57. The van der Waals surface area contributed by atoms with Gasteiger partial charge in [0.2, 0.25) is 23.6 Å². The summed E-state index contributed by atoms with van der Waals surface area (Å²) in [4.78, 5) is 65.9. The predicted octanol–water partition coefficient (Wildman–Crippen LogP) is 2.31. The van der Waals surface area contributed by atoms with Crippen molar-refractivity contribution >= 4 is 29.6 Å². The van der Waals surface area contributed by atoms with Gasteiger partial charge in [0.15, 0.2) is 0 Å². The Bertz CT molecular complexity index is 901. The largest absolute Gasteiger partial charge is 0.481 e. The third kappa shape index (κ3) is 3.60. The first-order chi connectivity index (χ1) is 15.7. The Morgan fingerprint density at radius 2 is 1.24 bits per heavy atom. The average molecular weight is 459 g/mol. The number of fused-ring (bicyclic) bond motifs is 2. The highest BCUT2D eigenvalue weighted by atomic mass is 16.4. The zero-order chi connectivity index (χ0) is 23.6. The van der Waals surface area contributed by atoms with Gasteiger partial charge in [0.25, 0.3) is 0 Å². The number of hydrogen-bond donors (Lipinski definition) is 1. The molecule has 3 aliphatic carbocycles. The Balaban J connectivity index is 1.28. The number of aliphatic carboxylic acids is 1. The summed E-state index contributed by atoms with van der Waals surface area (Å²) in [5.74, 6) is -1.95. The Morgan fingerprint density at radius 1 is 0.727 bits per heavy atom. The van der Waals surface area contributed by atoms with Gasteiger partial charge in [-0.05, 0) is 75.5 Å². The van der Waals surface area contributed by atoms with Crippen LogP contribution in [0.4, 0.5) is 0 Å². The summed E-state index contributed by atoms with van der Waals surface area (Å²) in [6.07, 6.45) is 6.16. The molecule has 9 atom stereocenters. The maximum absolute atomic E-state index is 13.4. The number of carbonyl (C=O) groups is 5. The molecular formula is C25H34N2O6. The molecule has 3 saturated carbocycles. The zero-order valence-corrected chi connectivity index (χ0v) is 19.4. The highest BCUT2D eigenvalue weighted by Gasteiger charge is 2.55. The molecule has 8 heteroatoms. The lowest BCUT2D eigenvalue weighted by Crippen LogP contribution is -2.46.